The van der Waals surface area contributed by atoms with Crippen molar-refractivity contribution in [2.24, 2.45) is 4.99 Å². The molecule has 0 aliphatic heterocycles. The third-order valence-corrected chi connectivity index (χ3v) is 5.14. The Morgan fingerprint density at radius 2 is 2.03 bits per heavy atom. The number of hydrogen-bond donors (Lipinski definition) is 5. The smallest absolute Gasteiger partial charge is 0.272 e. The van der Waals surface area contributed by atoms with E-state index in [0.717, 1.165) is 23.4 Å². The van der Waals surface area contributed by atoms with Gasteiger partial charge in [0, 0.05) is 38.5 Å². The van der Waals surface area contributed by atoms with Crippen molar-refractivity contribution in [3.63, 3.8) is 0 Å². The molecule has 1 fully saturated rings. The Hall–Kier alpha value is -3.77. The molecule has 180 valence electrons. The Kier molecular flexibility index (Phi) is 8.33. The lowest BCUT2D eigenvalue weighted by atomic mass is 10.1. The summed E-state index contributed by atoms with van der Waals surface area (Å²) in [5.41, 5.74) is 1.44. The number of nitrogens with one attached hydrogen (secondary N) is 3. The molecule has 2 aromatic heterocycles. The molecule has 1 aliphatic carbocycles. The zero-order chi connectivity index (χ0) is 24.7. The van der Waals surface area contributed by atoms with Crippen molar-refractivity contribution in [3.8, 4) is 0 Å². The highest BCUT2D eigenvalue weighted by Crippen LogP contribution is 2.39. The van der Waals surface area contributed by atoms with Crippen LogP contribution in [0, 0.1) is 5.41 Å². The number of nitrogens with zero attached hydrogens (tertiary/aromatic N) is 5. The zero-order valence-electron chi connectivity index (χ0n) is 19.0. The van der Waals surface area contributed by atoms with E-state index in [1.54, 1.807) is 18.5 Å². The molecule has 0 saturated heterocycles. The maximum absolute atomic E-state index is 13.3. The molecule has 12 heteroatoms. The number of rotatable bonds is 11. The van der Waals surface area contributed by atoms with E-state index in [0.29, 0.717) is 17.3 Å². The van der Waals surface area contributed by atoms with Crippen LogP contribution in [0.3, 0.4) is 0 Å². The van der Waals surface area contributed by atoms with E-state index < -0.39 is 36.3 Å². The number of likely N-dealkylation sites (N-methyl/N-ethyl adjacent to an activating group) is 1. The first-order valence-corrected chi connectivity index (χ1v) is 10.7. The van der Waals surface area contributed by atoms with Gasteiger partial charge in [0.2, 0.25) is 0 Å². The minimum atomic E-state index is -1.14. The molecule has 0 spiro atoms. The lowest BCUT2D eigenvalue weighted by molar-refractivity contribution is -0.124. The van der Waals surface area contributed by atoms with Crippen LogP contribution in [0.15, 0.2) is 35.8 Å². The van der Waals surface area contributed by atoms with Gasteiger partial charge < -0.3 is 25.7 Å². The molecular formula is C22H28N8O4. The summed E-state index contributed by atoms with van der Waals surface area (Å²) in [5, 5.41) is 32.6. The first-order valence-electron chi connectivity index (χ1n) is 10.7. The summed E-state index contributed by atoms with van der Waals surface area (Å²) in [6, 6.07) is 2.49. The van der Waals surface area contributed by atoms with Gasteiger partial charge in [0.25, 0.3) is 11.8 Å². The molecule has 5 N–H and O–H groups in total. The number of amides is 2. The summed E-state index contributed by atoms with van der Waals surface area (Å²) in [5.74, 6) is -1.01. The molecule has 12 nitrogen and oxygen atoms in total. The van der Waals surface area contributed by atoms with E-state index in [1.165, 1.54) is 26.6 Å². The highest BCUT2D eigenvalue weighted by atomic mass is 16.3. The van der Waals surface area contributed by atoms with Gasteiger partial charge in [0.05, 0.1) is 36.5 Å². The lowest BCUT2D eigenvalue weighted by Crippen LogP contribution is -2.50. The number of aliphatic hydroxyl groups is 2. The number of hydrogen-bond acceptors (Lipinski definition) is 10. The molecule has 2 atom stereocenters. The minimum absolute atomic E-state index is 0.104. The summed E-state index contributed by atoms with van der Waals surface area (Å²) < 4.78 is 0. The van der Waals surface area contributed by atoms with Crippen molar-refractivity contribution in [1.29, 1.82) is 5.41 Å². The fraction of sp³-hybridized carbons (Fsp3) is 0.409. The van der Waals surface area contributed by atoms with Gasteiger partial charge in [-0.25, -0.2) is 15.0 Å². The van der Waals surface area contributed by atoms with Gasteiger partial charge in [-0.05, 0) is 25.0 Å². The van der Waals surface area contributed by atoms with E-state index in [-0.39, 0.29) is 12.2 Å². The van der Waals surface area contributed by atoms with Crippen molar-refractivity contribution >= 4 is 35.1 Å². The van der Waals surface area contributed by atoms with Gasteiger partial charge in [0.1, 0.15) is 18.1 Å². The number of aliphatic hydroxyl groups excluding tert-OH is 2. The number of carbonyl (C=O) groups is 2. The van der Waals surface area contributed by atoms with Gasteiger partial charge in [-0.1, -0.05) is 0 Å². The number of carbonyl (C=O) groups excluding carboxylic acids is 2. The third-order valence-electron chi connectivity index (χ3n) is 5.14. The zero-order valence-corrected chi connectivity index (χ0v) is 19.0. The predicted molar refractivity (Wildman–Crippen MR) is 126 cm³/mol. The molecule has 34 heavy (non-hydrogen) atoms. The van der Waals surface area contributed by atoms with Gasteiger partial charge in [0.15, 0.2) is 5.69 Å². The molecule has 2 heterocycles. The van der Waals surface area contributed by atoms with E-state index in [9.17, 15) is 14.7 Å². The van der Waals surface area contributed by atoms with E-state index in [1.807, 2.05) is 6.07 Å². The van der Waals surface area contributed by atoms with Crippen LogP contribution >= 0.6 is 0 Å². The van der Waals surface area contributed by atoms with Crippen molar-refractivity contribution in [2.45, 2.75) is 30.9 Å². The van der Waals surface area contributed by atoms with Gasteiger partial charge in [-0.2, -0.15) is 0 Å². The van der Waals surface area contributed by atoms with Gasteiger partial charge in [-0.15, -0.1) is 0 Å². The van der Waals surface area contributed by atoms with E-state index in [4.69, 9.17) is 10.5 Å². The largest absolute Gasteiger partial charge is 0.394 e. The average molecular weight is 469 g/mol. The van der Waals surface area contributed by atoms with Crippen LogP contribution in [-0.2, 0) is 4.79 Å². The monoisotopic (exact) mass is 468 g/mol. The quantitative estimate of drug-likeness (QED) is 0.289. The first kappa shape index (κ1) is 24.9. The van der Waals surface area contributed by atoms with Gasteiger partial charge in [-0.3, -0.25) is 20.0 Å². The highest BCUT2D eigenvalue weighted by molar-refractivity contribution is 6.42. The van der Waals surface area contributed by atoms with Crippen molar-refractivity contribution in [2.75, 3.05) is 32.6 Å². The fourth-order valence-electron chi connectivity index (χ4n) is 3.21. The SMILES string of the molecule is CN=CC(NC(=O)c1nc(C2CC2)ccc1Nc1cncnc1)C(=N)C(=O)N(C)CC(O)CO. The van der Waals surface area contributed by atoms with Gasteiger partial charge >= 0.3 is 0 Å². The summed E-state index contributed by atoms with van der Waals surface area (Å²) >= 11 is 0. The molecule has 2 amide bonds. The van der Waals surface area contributed by atoms with Crippen molar-refractivity contribution in [1.82, 2.24) is 25.2 Å². The normalized spacial score (nSPS) is 14.9. The Bertz CT molecular complexity index is 1060. The molecule has 2 unspecified atom stereocenters. The van der Waals surface area contributed by atoms with Crippen LogP contribution in [0.4, 0.5) is 11.4 Å². The van der Waals surface area contributed by atoms with E-state index in [2.05, 4.69) is 30.6 Å². The van der Waals surface area contributed by atoms with E-state index >= 15 is 0 Å². The second-order valence-electron chi connectivity index (χ2n) is 7.95. The van der Waals surface area contributed by atoms with Crippen LogP contribution in [0.5, 0.6) is 0 Å². The maximum atomic E-state index is 13.3. The average Bonchev–Trinajstić information content (AvgIpc) is 3.69. The molecule has 0 radical (unpaired) electrons. The Morgan fingerprint density at radius 1 is 1.32 bits per heavy atom. The Labute approximate surface area is 196 Å². The summed E-state index contributed by atoms with van der Waals surface area (Å²) in [7, 11) is 2.85. The topological polar surface area (TPSA) is 177 Å². The Balaban J connectivity index is 1.82. The molecule has 1 saturated carbocycles. The predicted octanol–water partition coefficient (Wildman–Crippen LogP) is 0.123. The number of pyridine rings is 1. The summed E-state index contributed by atoms with van der Waals surface area (Å²) in [6.45, 7) is -0.688. The maximum Gasteiger partial charge on any atom is 0.272 e. The molecular weight excluding hydrogens is 440 g/mol. The summed E-state index contributed by atoms with van der Waals surface area (Å²) in [4.78, 5) is 43.3. The van der Waals surface area contributed by atoms with Crippen LogP contribution in [0.2, 0.25) is 0 Å². The van der Waals surface area contributed by atoms with Crippen LogP contribution < -0.4 is 10.6 Å². The van der Waals surface area contributed by atoms with Crippen molar-refractivity contribution < 1.29 is 19.8 Å². The molecule has 1 aliphatic rings. The summed E-state index contributed by atoms with van der Waals surface area (Å²) in [6.07, 6.45) is 6.65. The van der Waals surface area contributed by atoms with Crippen LogP contribution in [0.1, 0.15) is 34.9 Å². The molecule has 0 aromatic carbocycles. The fourth-order valence-corrected chi connectivity index (χ4v) is 3.21. The molecule has 2 aromatic rings. The second-order valence-corrected chi connectivity index (χ2v) is 7.95. The standard InChI is InChI=1S/C22H28N8O4/c1-24-9-18(19(23)22(34)30(2)10-15(32)11-31)29-21(33)20-17(27-14-7-25-12-26-8-14)6-5-16(28-20)13-3-4-13/h5-9,12-13,15,18,23,27,31-32H,3-4,10-11H2,1-2H3,(H,29,33). The van der Waals surface area contributed by atoms with Crippen LogP contribution in [-0.4, -0.2) is 93.2 Å². The molecule has 0 bridgehead atoms. The highest BCUT2D eigenvalue weighted by Gasteiger charge is 2.29. The number of aromatic nitrogens is 3. The second kappa shape index (κ2) is 11.4. The lowest BCUT2D eigenvalue weighted by Gasteiger charge is -2.23. The first-order chi connectivity index (χ1) is 16.3. The Morgan fingerprint density at radius 3 is 2.65 bits per heavy atom. The number of aliphatic imine (C=N–C) groups is 1. The minimum Gasteiger partial charge on any atom is -0.394 e. The van der Waals surface area contributed by atoms with Crippen LogP contribution in [0.25, 0.3) is 0 Å². The number of anilines is 2. The molecule has 3 rings (SSSR count). The third kappa shape index (κ3) is 6.39. The van der Waals surface area contributed by atoms with Crippen molar-refractivity contribution in [3.05, 3.63) is 42.2 Å².